The van der Waals surface area contributed by atoms with E-state index in [2.05, 4.69) is 21.2 Å². The minimum atomic E-state index is -4.27. The fraction of sp³-hybridized carbons (Fsp3) is 0.278. The van der Waals surface area contributed by atoms with Crippen molar-refractivity contribution in [1.29, 1.82) is 0 Å². The Hall–Kier alpha value is -3.37. The van der Waals surface area contributed by atoms with Crippen LogP contribution >= 0.6 is 39.1 Å². The molecule has 0 spiro atoms. The van der Waals surface area contributed by atoms with Gasteiger partial charge in [-0.1, -0.05) is 119 Å². The fourth-order valence-corrected chi connectivity index (χ4v) is 8.31. The molecule has 0 bridgehead atoms. The summed E-state index contributed by atoms with van der Waals surface area (Å²) in [6.07, 6.45) is 5.19. The zero-order valence-electron chi connectivity index (χ0n) is 25.7. The zero-order chi connectivity index (χ0) is 33.4. The maximum atomic E-state index is 14.7. The van der Waals surface area contributed by atoms with Crippen LogP contribution in [0.1, 0.15) is 43.2 Å². The molecule has 5 rings (SSSR count). The van der Waals surface area contributed by atoms with Crippen molar-refractivity contribution >= 4 is 66.7 Å². The van der Waals surface area contributed by atoms with Crippen molar-refractivity contribution in [2.75, 3.05) is 10.8 Å². The quantitative estimate of drug-likeness (QED) is 0.159. The summed E-state index contributed by atoms with van der Waals surface area (Å²) in [6.45, 7) is -0.532. The van der Waals surface area contributed by atoms with Crippen LogP contribution in [0.3, 0.4) is 0 Å². The van der Waals surface area contributed by atoms with E-state index in [9.17, 15) is 18.0 Å². The molecule has 1 N–H and O–H groups in total. The molecule has 47 heavy (non-hydrogen) atoms. The Morgan fingerprint density at radius 1 is 0.830 bits per heavy atom. The van der Waals surface area contributed by atoms with E-state index in [1.54, 1.807) is 18.2 Å². The van der Waals surface area contributed by atoms with Gasteiger partial charge in [0.25, 0.3) is 10.0 Å². The first-order valence-electron chi connectivity index (χ1n) is 15.5. The Morgan fingerprint density at radius 2 is 1.49 bits per heavy atom. The van der Waals surface area contributed by atoms with Gasteiger partial charge in [-0.3, -0.25) is 13.9 Å². The lowest BCUT2D eigenvalue weighted by Gasteiger charge is -2.35. The average Bonchev–Trinajstić information content (AvgIpc) is 3.07. The molecule has 1 aliphatic rings. The molecule has 246 valence electrons. The van der Waals surface area contributed by atoms with Gasteiger partial charge in [-0.05, 0) is 66.4 Å². The maximum Gasteiger partial charge on any atom is 0.264 e. The van der Waals surface area contributed by atoms with Crippen molar-refractivity contribution in [3.05, 3.63) is 129 Å². The molecular weight excluding hydrogens is 721 g/mol. The largest absolute Gasteiger partial charge is 0.352 e. The Bertz CT molecular complexity index is 1790. The second-order valence-corrected chi connectivity index (χ2v) is 15.2. The number of hydrogen-bond donors (Lipinski definition) is 1. The Balaban J connectivity index is 1.58. The molecule has 4 aromatic rings. The van der Waals surface area contributed by atoms with Gasteiger partial charge < -0.3 is 10.2 Å². The molecule has 4 aromatic carbocycles. The molecule has 1 fully saturated rings. The van der Waals surface area contributed by atoms with Crippen molar-refractivity contribution in [2.24, 2.45) is 0 Å². The predicted molar refractivity (Wildman–Crippen MR) is 191 cm³/mol. The highest BCUT2D eigenvalue weighted by atomic mass is 79.9. The topological polar surface area (TPSA) is 86.8 Å². The number of anilines is 1. The molecule has 0 aromatic heterocycles. The van der Waals surface area contributed by atoms with Crippen LogP contribution in [0.25, 0.3) is 0 Å². The number of carbonyl (C=O) groups excluding carboxylic acids is 2. The Kier molecular flexibility index (Phi) is 12.0. The first-order valence-corrected chi connectivity index (χ1v) is 18.5. The minimum absolute atomic E-state index is 0.00627. The second kappa shape index (κ2) is 16.2. The zero-order valence-corrected chi connectivity index (χ0v) is 29.6. The number of hydrogen-bond acceptors (Lipinski definition) is 4. The van der Waals surface area contributed by atoms with E-state index < -0.39 is 28.5 Å². The van der Waals surface area contributed by atoms with E-state index in [1.165, 1.54) is 35.2 Å². The standard InChI is InChI=1S/C36H36BrCl2N3O4S/c37-28-14-10-13-27(21-28)24-41(34(22-26-11-4-1-5-12-26)36(44)40-30-15-6-2-7-16-30)35(43)25-42(33-20-19-29(38)23-32(33)39)47(45,46)31-17-8-3-9-18-31/h1,3-5,8-14,17-21,23,30,34H,2,6-7,15-16,22,24-25H2,(H,40,44). The van der Waals surface area contributed by atoms with E-state index in [0.717, 1.165) is 52.0 Å². The Morgan fingerprint density at radius 3 is 2.15 bits per heavy atom. The van der Waals surface area contributed by atoms with Gasteiger partial charge in [0.05, 0.1) is 15.6 Å². The van der Waals surface area contributed by atoms with Crippen LogP contribution in [0.2, 0.25) is 10.0 Å². The van der Waals surface area contributed by atoms with E-state index >= 15 is 0 Å². The normalized spacial score (nSPS) is 14.3. The van der Waals surface area contributed by atoms with Gasteiger partial charge in [0.2, 0.25) is 11.8 Å². The third-order valence-electron chi connectivity index (χ3n) is 8.25. The SMILES string of the molecule is O=C(NC1CCCCC1)C(Cc1ccccc1)N(Cc1cccc(Br)c1)C(=O)CN(c1ccc(Cl)cc1Cl)S(=O)(=O)c1ccccc1. The lowest BCUT2D eigenvalue weighted by Crippen LogP contribution is -2.55. The molecule has 11 heteroatoms. The molecule has 0 aliphatic heterocycles. The number of benzene rings is 4. The van der Waals surface area contributed by atoms with Gasteiger partial charge in [0.15, 0.2) is 0 Å². The molecule has 1 aliphatic carbocycles. The summed E-state index contributed by atoms with van der Waals surface area (Å²) in [4.78, 5) is 30.3. The van der Waals surface area contributed by atoms with Crippen molar-refractivity contribution in [2.45, 2.75) is 62.0 Å². The summed E-state index contributed by atoms with van der Waals surface area (Å²) in [6, 6.07) is 28.4. The lowest BCUT2D eigenvalue weighted by molar-refractivity contribution is -0.140. The number of nitrogens with one attached hydrogen (secondary N) is 1. The van der Waals surface area contributed by atoms with E-state index in [-0.39, 0.29) is 40.5 Å². The van der Waals surface area contributed by atoms with Gasteiger partial charge in [0, 0.05) is 28.5 Å². The number of carbonyl (C=O) groups is 2. The molecule has 1 atom stereocenters. The maximum absolute atomic E-state index is 14.7. The summed E-state index contributed by atoms with van der Waals surface area (Å²) in [7, 11) is -4.27. The monoisotopic (exact) mass is 755 g/mol. The third kappa shape index (κ3) is 9.16. The van der Waals surface area contributed by atoms with Crippen LogP contribution in [-0.2, 0) is 32.6 Å². The van der Waals surface area contributed by atoms with Crippen molar-refractivity contribution in [3.63, 3.8) is 0 Å². The molecular formula is C36H36BrCl2N3O4S. The molecule has 1 saturated carbocycles. The Labute approximate surface area is 295 Å². The highest BCUT2D eigenvalue weighted by molar-refractivity contribution is 9.10. The smallest absolute Gasteiger partial charge is 0.264 e. The first kappa shape index (κ1) is 35.0. The van der Waals surface area contributed by atoms with Crippen molar-refractivity contribution < 1.29 is 18.0 Å². The van der Waals surface area contributed by atoms with Crippen LogP contribution < -0.4 is 9.62 Å². The summed E-state index contributed by atoms with van der Waals surface area (Å²) in [5.74, 6) is -0.832. The predicted octanol–water partition coefficient (Wildman–Crippen LogP) is 8.04. The third-order valence-corrected chi connectivity index (χ3v) is 11.1. The number of nitrogens with zero attached hydrogens (tertiary/aromatic N) is 2. The summed E-state index contributed by atoms with van der Waals surface area (Å²) >= 11 is 16.3. The van der Waals surface area contributed by atoms with Crippen LogP contribution in [0.5, 0.6) is 0 Å². The lowest BCUT2D eigenvalue weighted by atomic mass is 9.94. The first-order chi connectivity index (χ1) is 22.6. The summed E-state index contributed by atoms with van der Waals surface area (Å²) < 4.78 is 30.1. The van der Waals surface area contributed by atoms with Gasteiger partial charge in [-0.2, -0.15) is 0 Å². The van der Waals surface area contributed by atoms with E-state index in [4.69, 9.17) is 23.2 Å². The molecule has 0 radical (unpaired) electrons. The molecule has 7 nitrogen and oxygen atoms in total. The van der Waals surface area contributed by atoms with Crippen LogP contribution in [-0.4, -0.2) is 43.8 Å². The van der Waals surface area contributed by atoms with Gasteiger partial charge in [-0.25, -0.2) is 8.42 Å². The van der Waals surface area contributed by atoms with Crippen LogP contribution in [0, 0.1) is 0 Å². The van der Waals surface area contributed by atoms with Crippen LogP contribution in [0.4, 0.5) is 5.69 Å². The molecule has 1 unspecified atom stereocenters. The molecule has 2 amide bonds. The summed E-state index contributed by atoms with van der Waals surface area (Å²) in [5, 5.41) is 3.61. The van der Waals surface area contributed by atoms with Crippen molar-refractivity contribution in [3.8, 4) is 0 Å². The number of amides is 2. The number of rotatable bonds is 12. The summed E-state index contributed by atoms with van der Waals surface area (Å²) in [5.41, 5.74) is 1.75. The molecule has 0 heterocycles. The van der Waals surface area contributed by atoms with Gasteiger partial charge >= 0.3 is 0 Å². The number of halogens is 3. The van der Waals surface area contributed by atoms with E-state index in [0.29, 0.717) is 5.02 Å². The second-order valence-electron chi connectivity index (χ2n) is 11.6. The molecule has 0 saturated heterocycles. The van der Waals surface area contributed by atoms with Gasteiger partial charge in [-0.15, -0.1) is 0 Å². The van der Waals surface area contributed by atoms with Gasteiger partial charge in [0.1, 0.15) is 12.6 Å². The van der Waals surface area contributed by atoms with E-state index in [1.807, 2.05) is 54.6 Å². The van der Waals surface area contributed by atoms with Crippen LogP contribution in [0.15, 0.2) is 112 Å². The fourth-order valence-electron chi connectivity index (χ4n) is 5.85. The highest BCUT2D eigenvalue weighted by Gasteiger charge is 2.36. The average molecular weight is 758 g/mol. The highest BCUT2D eigenvalue weighted by Crippen LogP contribution is 2.33. The van der Waals surface area contributed by atoms with Crippen molar-refractivity contribution in [1.82, 2.24) is 10.2 Å². The minimum Gasteiger partial charge on any atom is -0.352 e. The number of sulfonamides is 1.